The highest BCUT2D eigenvalue weighted by Gasteiger charge is 2.20. The molecule has 9 heteroatoms. The van der Waals surface area contributed by atoms with Crippen LogP contribution in [0.5, 0.6) is 5.75 Å². The number of anilines is 2. The summed E-state index contributed by atoms with van der Waals surface area (Å²) in [4.78, 5) is 13.7. The fourth-order valence-corrected chi connectivity index (χ4v) is 5.89. The Morgan fingerprint density at radius 2 is 1.67 bits per heavy atom. The Balaban J connectivity index is 1.69. The van der Waals surface area contributed by atoms with Crippen LogP contribution >= 0.6 is 11.8 Å². The first kappa shape index (κ1) is 23.3. The first-order valence-electron chi connectivity index (χ1n) is 10.8. The van der Waals surface area contributed by atoms with E-state index in [2.05, 4.69) is 9.62 Å². The van der Waals surface area contributed by atoms with Gasteiger partial charge in [-0.15, -0.1) is 11.8 Å². The fraction of sp³-hybridized carbons (Fsp3) is 0.292. The second-order valence-electron chi connectivity index (χ2n) is 8.00. The molecule has 4 rings (SSSR count). The molecule has 0 unspecified atom stereocenters. The van der Waals surface area contributed by atoms with Crippen molar-refractivity contribution in [3.05, 3.63) is 54.6 Å². The Kier molecular flexibility index (Phi) is 6.99. The van der Waals surface area contributed by atoms with Crippen LogP contribution < -0.4 is 9.62 Å². The number of phenolic OH excluding ortho intramolecular Hbond substituents is 1. The SMILES string of the molecule is O=C(O)CSc1cc(NS(=O)(=O)c2cccc(N3CCCCCC3)c2)c2ccccc2c1O. The van der Waals surface area contributed by atoms with E-state index in [1.54, 1.807) is 42.5 Å². The van der Waals surface area contributed by atoms with E-state index in [1.807, 2.05) is 6.07 Å². The number of sulfonamides is 1. The van der Waals surface area contributed by atoms with Gasteiger partial charge in [-0.2, -0.15) is 0 Å². The van der Waals surface area contributed by atoms with E-state index in [0.29, 0.717) is 15.7 Å². The minimum Gasteiger partial charge on any atom is -0.506 e. The first-order chi connectivity index (χ1) is 15.8. The van der Waals surface area contributed by atoms with E-state index in [0.717, 1.165) is 43.4 Å². The van der Waals surface area contributed by atoms with Crippen molar-refractivity contribution in [2.75, 3.05) is 28.5 Å². The van der Waals surface area contributed by atoms with Crippen molar-refractivity contribution in [1.29, 1.82) is 0 Å². The molecule has 0 radical (unpaired) electrons. The van der Waals surface area contributed by atoms with Crippen LogP contribution in [0.25, 0.3) is 10.8 Å². The number of aromatic hydroxyl groups is 1. The molecule has 1 aliphatic heterocycles. The minimum absolute atomic E-state index is 0.0667. The maximum atomic E-state index is 13.3. The molecule has 3 aromatic carbocycles. The number of fused-ring (bicyclic) bond motifs is 1. The normalized spacial score (nSPS) is 14.7. The summed E-state index contributed by atoms with van der Waals surface area (Å²) in [6.45, 7) is 1.81. The van der Waals surface area contributed by atoms with Crippen LogP contribution in [0, 0.1) is 0 Å². The summed E-state index contributed by atoms with van der Waals surface area (Å²) in [6.07, 6.45) is 4.55. The molecule has 1 fully saturated rings. The Morgan fingerprint density at radius 1 is 0.970 bits per heavy atom. The third kappa shape index (κ3) is 5.36. The zero-order valence-electron chi connectivity index (χ0n) is 18.0. The average Bonchev–Trinajstić information content (AvgIpc) is 3.10. The van der Waals surface area contributed by atoms with Gasteiger partial charge in [-0.3, -0.25) is 9.52 Å². The smallest absolute Gasteiger partial charge is 0.313 e. The molecule has 3 N–H and O–H groups in total. The molecule has 0 aliphatic carbocycles. The van der Waals surface area contributed by atoms with Crippen LogP contribution in [0.2, 0.25) is 0 Å². The van der Waals surface area contributed by atoms with Gasteiger partial charge in [-0.05, 0) is 37.1 Å². The maximum absolute atomic E-state index is 13.3. The van der Waals surface area contributed by atoms with Crippen molar-refractivity contribution in [3.63, 3.8) is 0 Å². The Morgan fingerprint density at radius 3 is 2.36 bits per heavy atom. The van der Waals surface area contributed by atoms with Crippen LogP contribution in [-0.2, 0) is 14.8 Å². The second-order valence-corrected chi connectivity index (χ2v) is 10.7. The molecular weight excluding hydrogens is 460 g/mol. The molecule has 174 valence electrons. The molecule has 0 aromatic heterocycles. The quantitative estimate of drug-likeness (QED) is 0.322. The van der Waals surface area contributed by atoms with Crippen LogP contribution in [0.3, 0.4) is 0 Å². The monoisotopic (exact) mass is 486 g/mol. The lowest BCUT2D eigenvalue weighted by molar-refractivity contribution is -0.133. The molecular formula is C24H26N2O5S2. The third-order valence-electron chi connectivity index (χ3n) is 5.68. The van der Waals surface area contributed by atoms with Gasteiger partial charge < -0.3 is 15.1 Å². The van der Waals surface area contributed by atoms with Gasteiger partial charge in [0.15, 0.2) is 0 Å². The number of nitrogens with one attached hydrogen (secondary N) is 1. The number of rotatable bonds is 7. The number of phenols is 1. The number of hydrogen-bond donors (Lipinski definition) is 3. The fourth-order valence-electron chi connectivity index (χ4n) is 4.05. The molecule has 0 atom stereocenters. The van der Waals surface area contributed by atoms with Gasteiger partial charge in [-0.1, -0.05) is 43.2 Å². The van der Waals surface area contributed by atoms with E-state index in [1.165, 1.54) is 18.9 Å². The van der Waals surface area contributed by atoms with E-state index in [4.69, 9.17) is 5.11 Å². The highest BCUT2D eigenvalue weighted by molar-refractivity contribution is 8.00. The van der Waals surface area contributed by atoms with E-state index in [-0.39, 0.29) is 22.1 Å². The van der Waals surface area contributed by atoms with Gasteiger partial charge in [0.05, 0.1) is 21.2 Å². The summed E-state index contributed by atoms with van der Waals surface area (Å²) in [5.74, 6) is -1.35. The highest BCUT2D eigenvalue weighted by atomic mass is 32.2. The molecule has 3 aromatic rings. The highest BCUT2D eigenvalue weighted by Crippen LogP contribution is 2.40. The predicted octanol–water partition coefficient (Wildman–Crippen LogP) is 4.90. The summed E-state index contributed by atoms with van der Waals surface area (Å²) in [5.41, 5.74) is 1.17. The number of carboxylic acids is 1. The molecule has 0 bridgehead atoms. The summed E-state index contributed by atoms with van der Waals surface area (Å²) in [6, 6.07) is 15.3. The summed E-state index contributed by atoms with van der Waals surface area (Å²) < 4.78 is 29.3. The van der Waals surface area contributed by atoms with E-state index < -0.39 is 16.0 Å². The Hall–Kier alpha value is -2.91. The van der Waals surface area contributed by atoms with Crippen molar-refractivity contribution in [2.24, 2.45) is 0 Å². The predicted molar refractivity (Wildman–Crippen MR) is 132 cm³/mol. The zero-order valence-corrected chi connectivity index (χ0v) is 19.7. The number of nitrogens with zero attached hydrogens (tertiary/aromatic N) is 1. The maximum Gasteiger partial charge on any atom is 0.313 e. The molecule has 1 saturated heterocycles. The lowest BCUT2D eigenvalue weighted by atomic mass is 10.1. The number of carbonyl (C=O) groups is 1. The third-order valence-corrected chi connectivity index (χ3v) is 8.05. The minimum atomic E-state index is -3.92. The molecule has 0 saturated carbocycles. The van der Waals surface area contributed by atoms with Crippen molar-refractivity contribution in [1.82, 2.24) is 0 Å². The Bertz CT molecular complexity index is 1270. The van der Waals surface area contributed by atoms with Gasteiger partial charge in [0.1, 0.15) is 5.75 Å². The standard InChI is InChI=1S/C24H26N2O5S2/c27-23(28)16-32-22-15-21(19-10-3-4-11-20(19)24(22)29)25-33(30,31)18-9-7-8-17(14-18)26-12-5-1-2-6-13-26/h3-4,7-11,14-15,25,29H,1-2,5-6,12-13,16H2,(H,27,28). The van der Waals surface area contributed by atoms with E-state index >= 15 is 0 Å². The number of hydrogen-bond acceptors (Lipinski definition) is 6. The van der Waals surface area contributed by atoms with Gasteiger partial charge in [0.2, 0.25) is 0 Å². The van der Waals surface area contributed by atoms with E-state index in [9.17, 15) is 18.3 Å². The van der Waals surface area contributed by atoms with Crippen molar-refractivity contribution in [2.45, 2.75) is 35.5 Å². The molecule has 1 heterocycles. The van der Waals surface area contributed by atoms with Crippen molar-refractivity contribution in [3.8, 4) is 5.75 Å². The topological polar surface area (TPSA) is 107 Å². The average molecular weight is 487 g/mol. The summed E-state index contributed by atoms with van der Waals surface area (Å²) in [7, 11) is -3.92. The summed E-state index contributed by atoms with van der Waals surface area (Å²) in [5, 5.41) is 20.6. The molecule has 7 nitrogen and oxygen atoms in total. The number of thioether (sulfide) groups is 1. The first-order valence-corrected chi connectivity index (χ1v) is 13.3. The van der Waals surface area contributed by atoms with Gasteiger partial charge in [-0.25, -0.2) is 8.42 Å². The van der Waals surface area contributed by atoms with Gasteiger partial charge in [0.25, 0.3) is 10.0 Å². The van der Waals surface area contributed by atoms with Crippen molar-refractivity contribution >= 4 is 49.9 Å². The molecule has 33 heavy (non-hydrogen) atoms. The van der Waals surface area contributed by atoms with Crippen LogP contribution in [0.4, 0.5) is 11.4 Å². The Labute approximate surface area is 197 Å². The molecule has 0 spiro atoms. The summed E-state index contributed by atoms with van der Waals surface area (Å²) >= 11 is 0.938. The largest absolute Gasteiger partial charge is 0.506 e. The van der Waals surface area contributed by atoms with Gasteiger partial charge >= 0.3 is 5.97 Å². The number of carboxylic acid groups (broad SMARTS) is 1. The molecule has 1 aliphatic rings. The lowest BCUT2D eigenvalue weighted by Crippen LogP contribution is -2.24. The second kappa shape index (κ2) is 9.93. The molecule has 0 amide bonds. The van der Waals surface area contributed by atoms with Crippen LogP contribution in [-0.4, -0.2) is 43.4 Å². The number of aliphatic carboxylic acids is 1. The number of benzene rings is 3. The zero-order chi connectivity index (χ0) is 23.4. The van der Waals surface area contributed by atoms with Crippen LogP contribution in [0.15, 0.2) is 64.4 Å². The van der Waals surface area contributed by atoms with Crippen LogP contribution in [0.1, 0.15) is 25.7 Å². The van der Waals surface area contributed by atoms with Crippen molar-refractivity contribution < 1.29 is 23.4 Å². The lowest BCUT2D eigenvalue weighted by Gasteiger charge is -2.23. The van der Waals surface area contributed by atoms with Gasteiger partial charge in [0, 0.05) is 29.5 Å².